The molecule has 1 aromatic heterocycles. The van der Waals surface area contributed by atoms with Crippen molar-refractivity contribution in [2.24, 2.45) is 0 Å². The van der Waals surface area contributed by atoms with E-state index in [1.54, 1.807) is 0 Å². The van der Waals surface area contributed by atoms with Crippen LogP contribution in [-0.4, -0.2) is 0 Å². The van der Waals surface area contributed by atoms with Crippen LogP contribution in [0.1, 0.15) is 0 Å². The number of fused-ring (bicyclic) bond motifs is 7. The fourth-order valence-corrected chi connectivity index (χ4v) is 7.72. The lowest BCUT2D eigenvalue weighted by atomic mass is 9.83. The molecule has 10 aromatic rings. The number of rotatable bonds is 3. The van der Waals surface area contributed by atoms with E-state index < -0.39 is 0 Å². The van der Waals surface area contributed by atoms with E-state index in [4.69, 9.17) is 4.42 Å². The molecule has 0 radical (unpaired) electrons. The lowest BCUT2D eigenvalue weighted by Crippen LogP contribution is -1.92. The van der Waals surface area contributed by atoms with Crippen LogP contribution in [0.3, 0.4) is 0 Å². The summed E-state index contributed by atoms with van der Waals surface area (Å²) in [7, 11) is 0. The monoisotopic (exact) mass is 596 g/mol. The Kier molecular flexibility index (Phi) is 5.64. The highest BCUT2D eigenvalue weighted by Crippen LogP contribution is 2.47. The Morgan fingerprint density at radius 2 is 0.872 bits per heavy atom. The molecule has 0 N–H and O–H groups in total. The molecule has 47 heavy (non-hydrogen) atoms. The molecule has 0 atom stereocenters. The van der Waals surface area contributed by atoms with Crippen molar-refractivity contribution in [3.8, 4) is 33.4 Å². The molecular weight excluding hydrogens is 569 g/mol. The summed E-state index contributed by atoms with van der Waals surface area (Å²) in [4.78, 5) is 0. The van der Waals surface area contributed by atoms with Crippen molar-refractivity contribution >= 4 is 64.8 Å². The van der Waals surface area contributed by atoms with Crippen molar-refractivity contribution in [3.63, 3.8) is 0 Å². The second kappa shape index (κ2) is 10.2. The van der Waals surface area contributed by atoms with E-state index >= 15 is 0 Å². The summed E-state index contributed by atoms with van der Waals surface area (Å²) in [5.41, 5.74) is 8.18. The van der Waals surface area contributed by atoms with Crippen molar-refractivity contribution < 1.29 is 4.42 Å². The minimum absolute atomic E-state index is 0.933. The summed E-state index contributed by atoms with van der Waals surface area (Å²) in [6, 6.07) is 59.7. The second-order valence-corrected chi connectivity index (χ2v) is 12.5. The summed E-state index contributed by atoms with van der Waals surface area (Å²) < 4.78 is 6.31. The quantitative estimate of drug-likeness (QED) is 0.185. The molecular formula is C46H28O. The predicted molar refractivity (Wildman–Crippen MR) is 200 cm³/mol. The largest absolute Gasteiger partial charge is 0.463 e. The van der Waals surface area contributed by atoms with Crippen LogP contribution in [0, 0.1) is 0 Å². The van der Waals surface area contributed by atoms with Crippen molar-refractivity contribution in [2.75, 3.05) is 0 Å². The molecule has 1 heterocycles. The summed E-state index contributed by atoms with van der Waals surface area (Å²) in [6.45, 7) is 0. The molecule has 218 valence electrons. The van der Waals surface area contributed by atoms with Gasteiger partial charge in [0, 0.05) is 16.3 Å². The highest BCUT2D eigenvalue weighted by molar-refractivity contribution is 6.24. The predicted octanol–water partition coefficient (Wildman–Crippen LogP) is 13.2. The van der Waals surface area contributed by atoms with Gasteiger partial charge in [-0.25, -0.2) is 0 Å². The molecule has 0 amide bonds. The first kappa shape index (κ1) is 26.1. The van der Waals surface area contributed by atoms with Gasteiger partial charge in [0.15, 0.2) is 0 Å². The SMILES string of the molecule is c1ccc2cc(-c3c4ccccc4c(-c4cccc5ccccc45)c4cc(-c5coc6c5ccc5ccccc56)ccc34)ccc2c1. The van der Waals surface area contributed by atoms with Crippen molar-refractivity contribution in [1.29, 1.82) is 0 Å². The van der Waals surface area contributed by atoms with Crippen LogP contribution in [0.25, 0.3) is 98.2 Å². The summed E-state index contributed by atoms with van der Waals surface area (Å²) in [5, 5.41) is 13.4. The molecule has 0 fully saturated rings. The minimum atomic E-state index is 0.933. The zero-order valence-electron chi connectivity index (χ0n) is 25.6. The number of hydrogen-bond acceptors (Lipinski definition) is 1. The number of benzene rings is 9. The maximum atomic E-state index is 6.31. The molecule has 0 aliphatic rings. The van der Waals surface area contributed by atoms with Gasteiger partial charge in [-0.15, -0.1) is 0 Å². The topological polar surface area (TPSA) is 13.1 Å². The van der Waals surface area contributed by atoms with Crippen LogP contribution in [0.2, 0.25) is 0 Å². The minimum Gasteiger partial charge on any atom is -0.463 e. The maximum absolute atomic E-state index is 6.31. The third-order valence-electron chi connectivity index (χ3n) is 9.90. The fraction of sp³-hybridized carbons (Fsp3) is 0. The van der Waals surface area contributed by atoms with Gasteiger partial charge in [-0.1, -0.05) is 146 Å². The van der Waals surface area contributed by atoms with E-state index in [-0.39, 0.29) is 0 Å². The van der Waals surface area contributed by atoms with Gasteiger partial charge in [0.25, 0.3) is 0 Å². The smallest absolute Gasteiger partial charge is 0.142 e. The number of hydrogen-bond donors (Lipinski definition) is 0. The van der Waals surface area contributed by atoms with Gasteiger partial charge in [0.1, 0.15) is 5.58 Å². The third kappa shape index (κ3) is 3.97. The van der Waals surface area contributed by atoms with Crippen molar-refractivity contribution in [2.45, 2.75) is 0 Å². The average molecular weight is 597 g/mol. The lowest BCUT2D eigenvalue weighted by Gasteiger charge is -2.20. The summed E-state index contributed by atoms with van der Waals surface area (Å²) in [5.74, 6) is 0. The van der Waals surface area contributed by atoms with E-state index in [1.165, 1.54) is 70.7 Å². The maximum Gasteiger partial charge on any atom is 0.142 e. The standard InChI is InChI=1S/C46H28O/c1-2-13-32-26-34(21-20-29(32)10-1)44-38-17-7-8-18-39(38)45(37-19-9-14-30-11-3-5-15-35(30)37)42-27-33(23-24-40(42)44)43-28-47-46-36-16-6-4-12-31(36)22-25-41(43)46/h1-28H. The Morgan fingerprint density at radius 3 is 1.70 bits per heavy atom. The summed E-state index contributed by atoms with van der Waals surface area (Å²) in [6.07, 6.45) is 1.93. The van der Waals surface area contributed by atoms with Crippen LogP contribution in [0.5, 0.6) is 0 Å². The molecule has 0 aliphatic heterocycles. The van der Waals surface area contributed by atoms with Crippen LogP contribution in [-0.2, 0) is 0 Å². The summed E-state index contributed by atoms with van der Waals surface area (Å²) >= 11 is 0. The Morgan fingerprint density at radius 1 is 0.298 bits per heavy atom. The number of furan rings is 1. The van der Waals surface area contributed by atoms with E-state index in [0.29, 0.717) is 0 Å². The van der Waals surface area contributed by atoms with Crippen molar-refractivity contribution in [1.82, 2.24) is 0 Å². The highest BCUT2D eigenvalue weighted by atomic mass is 16.3. The lowest BCUT2D eigenvalue weighted by molar-refractivity contribution is 0.620. The molecule has 0 aliphatic carbocycles. The van der Waals surface area contributed by atoms with Crippen LogP contribution in [0.15, 0.2) is 174 Å². The van der Waals surface area contributed by atoms with Gasteiger partial charge in [0.05, 0.1) is 6.26 Å². The molecule has 0 spiro atoms. The van der Waals surface area contributed by atoms with Gasteiger partial charge in [-0.2, -0.15) is 0 Å². The van der Waals surface area contributed by atoms with Gasteiger partial charge >= 0.3 is 0 Å². The molecule has 0 saturated carbocycles. The molecule has 0 unspecified atom stereocenters. The Labute approximate surface area is 271 Å². The first-order valence-electron chi connectivity index (χ1n) is 16.2. The first-order chi connectivity index (χ1) is 23.3. The van der Waals surface area contributed by atoms with E-state index in [0.717, 1.165) is 27.5 Å². The zero-order chi connectivity index (χ0) is 30.9. The van der Waals surface area contributed by atoms with E-state index in [2.05, 4.69) is 164 Å². The van der Waals surface area contributed by atoms with Crippen molar-refractivity contribution in [3.05, 3.63) is 170 Å². The molecule has 9 aromatic carbocycles. The molecule has 1 heteroatoms. The fourth-order valence-electron chi connectivity index (χ4n) is 7.72. The van der Waals surface area contributed by atoms with Gasteiger partial charge in [0.2, 0.25) is 0 Å². The third-order valence-corrected chi connectivity index (χ3v) is 9.90. The first-order valence-corrected chi connectivity index (χ1v) is 16.2. The van der Waals surface area contributed by atoms with Crippen LogP contribution in [0.4, 0.5) is 0 Å². The molecule has 1 nitrogen and oxygen atoms in total. The Balaban J connectivity index is 1.34. The van der Waals surface area contributed by atoms with E-state index in [9.17, 15) is 0 Å². The highest BCUT2D eigenvalue weighted by Gasteiger charge is 2.20. The van der Waals surface area contributed by atoms with E-state index in [1.807, 2.05) is 6.26 Å². The Hall–Kier alpha value is -6.18. The molecule has 0 saturated heterocycles. The van der Waals surface area contributed by atoms with Gasteiger partial charge in [-0.3, -0.25) is 0 Å². The molecule has 0 bridgehead atoms. The second-order valence-electron chi connectivity index (χ2n) is 12.5. The average Bonchev–Trinajstić information content (AvgIpc) is 3.58. The molecule has 10 rings (SSSR count). The van der Waals surface area contributed by atoms with Gasteiger partial charge in [-0.05, 0) is 94.5 Å². The Bertz CT molecular complexity index is 2850. The normalized spacial score (nSPS) is 11.8. The van der Waals surface area contributed by atoms with Gasteiger partial charge < -0.3 is 4.42 Å². The zero-order valence-corrected chi connectivity index (χ0v) is 25.6. The van der Waals surface area contributed by atoms with Crippen LogP contribution < -0.4 is 0 Å². The van der Waals surface area contributed by atoms with Crippen LogP contribution >= 0.6 is 0 Å².